The third-order valence-electron chi connectivity index (χ3n) is 4.75. The lowest BCUT2D eigenvalue weighted by Crippen LogP contribution is -2.30. The average Bonchev–Trinajstić information content (AvgIpc) is 2.79. The highest BCUT2D eigenvalue weighted by molar-refractivity contribution is 6.16. The minimum absolute atomic E-state index is 0.0530. The Balaban J connectivity index is 2.24. The summed E-state index contributed by atoms with van der Waals surface area (Å²) < 4.78 is 1.85. The number of benzene rings is 1. The third kappa shape index (κ3) is 2.05. The van der Waals surface area contributed by atoms with Crippen molar-refractivity contribution >= 4 is 22.5 Å². The number of aromatic nitrogens is 2. The van der Waals surface area contributed by atoms with Gasteiger partial charge in [0.15, 0.2) is 0 Å². The molecule has 1 heterocycles. The second-order valence-electron chi connectivity index (χ2n) is 5.84. The fourth-order valence-electron chi connectivity index (χ4n) is 3.33. The first kappa shape index (κ1) is 13.6. The van der Waals surface area contributed by atoms with Crippen molar-refractivity contribution in [2.45, 2.75) is 38.6 Å². The van der Waals surface area contributed by atoms with Gasteiger partial charge in [-0.3, -0.25) is 9.36 Å². The van der Waals surface area contributed by atoms with Gasteiger partial charge in [-0.1, -0.05) is 26.0 Å². The van der Waals surface area contributed by atoms with Crippen molar-refractivity contribution in [3.63, 3.8) is 0 Å². The lowest BCUT2D eigenvalue weighted by atomic mass is 9.97. The topological polar surface area (TPSA) is 34.9 Å². The first-order valence-corrected chi connectivity index (χ1v) is 7.73. The molecule has 0 aliphatic heterocycles. The predicted octanol–water partition coefficient (Wildman–Crippen LogP) is 3.74. The molecule has 0 saturated heterocycles. The van der Waals surface area contributed by atoms with Crippen molar-refractivity contribution in [3.8, 4) is 0 Å². The zero-order chi connectivity index (χ0) is 14.3. The Morgan fingerprint density at radius 3 is 2.70 bits per heavy atom. The summed E-state index contributed by atoms with van der Waals surface area (Å²) in [6.45, 7) is 4.48. The Labute approximate surface area is 123 Å². The third-order valence-corrected chi connectivity index (χ3v) is 4.99. The SMILES string of the molecule is CC1CCC(n2c(CCl)nc3ccccc3c2=O)C1C. The minimum atomic E-state index is 0.0530. The molecule has 0 amide bonds. The van der Waals surface area contributed by atoms with Gasteiger partial charge in [-0.05, 0) is 36.8 Å². The van der Waals surface area contributed by atoms with Gasteiger partial charge >= 0.3 is 0 Å². The van der Waals surface area contributed by atoms with Gasteiger partial charge < -0.3 is 0 Å². The van der Waals surface area contributed by atoms with Gasteiger partial charge in [0.25, 0.3) is 5.56 Å². The summed E-state index contributed by atoms with van der Waals surface area (Å²) in [4.78, 5) is 17.4. The molecule has 3 unspecified atom stereocenters. The maximum absolute atomic E-state index is 12.8. The summed E-state index contributed by atoms with van der Waals surface area (Å²) in [6, 6.07) is 7.73. The predicted molar refractivity (Wildman–Crippen MR) is 82.2 cm³/mol. The van der Waals surface area contributed by atoms with Crippen LogP contribution in [0.2, 0.25) is 0 Å². The number of nitrogens with zero attached hydrogens (tertiary/aromatic N) is 2. The maximum atomic E-state index is 12.8. The summed E-state index contributed by atoms with van der Waals surface area (Å²) in [7, 11) is 0. The Morgan fingerprint density at radius 1 is 1.30 bits per heavy atom. The van der Waals surface area contributed by atoms with E-state index in [0.717, 1.165) is 18.4 Å². The van der Waals surface area contributed by atoms with E-state index < -0.39 is 0 Å². The Hall–Kier alpha value is -1.35. The quantitative estimate of drug-likeness (QED) is 0.790. The van der Waals surface area contributed by atoms with Crippen LogP contribution < -0.4 is 5.56 Å². The molecule has 3 rings (SSSR count). The van der Waals surface area contributed by atoms with Crippen molar-refractivity contribution < 1.29 is 0 Å². The van der Waals surface area contributed by atoms with Crippen LogP contribution in [0.15, 0.2) is 29.1 Å². The summed E-state index contributed by atoms with van der Waals surface area (Å²) in [5, 5.41) is 0.688. The molecule has 1 aliphatic carbocycles. The van der Waals surface area contributed by atoms with E-state index >= 15 is 0 Å². The van der Waals surface area contributed by atoms with Gasteiger partial charge in [0.2, 0.25) is 0 Å². The first-order chi connectivity index (χ1) is 9.63. The van der Waals surface area contributed by atoms with Crippen molar-refractivity contribution in [1.29, 1.82) is 0 Å². The van der Waals surface area contributed by atoms with E-state index in [0.29, 0.717) is 23.0 Å². The Morgan fingerprint density at radius 2 is 2.05 bits per heavy atom. The molecule has 1 fully saturated rings. The molecule has 0 radical (unpaired) electrons. The van der Waals surface area contributed by atoms with Gasteiger partial charge in [-0.2, -0.15) is 0 Å². The number of alkyl halides is 1. The van der Waals surface area contributed by atoms with Crippen LogP contribution >= 0.6 is 11.6 Å². The van der Waals surface area contributed by atoms with Crippen LogP contribution in [-0.2, 0) is 5.88 Å². The molecule has 1 aliphatic rings. The molecule has 1 aromatic carbocycles. The fourth-order valence-corrected chi connectivity index (χ4v) is 3.52. The van der Waals surface area contributed by atoms with Crippen LogP contribution in [0, 0.1) is 11.8 Å². The molecule has 0 spiro atoms. The monoisotopic (exact) mass is 290 g/mol. The zero-order valence-corrected chi connectivity index (χ0v) is 12.6. The van der Waals surface area contributed by atoms with Crippen molar-refractivity contribution in [1.82, 2.24) is 9.55 Å². The van der Waals surface area contributed by atoms with E-state index in [1.165, 1.54) is 0 Å². The van der Waals surface area contributed by atoms with Crippen LogP contribution in [-0.4, -0.2) is 9.55 Å². The van der Waals surface area contributed by atoms with Gasteiger partial charge in [0.05, 0.1) is 16.8 Å². The molecule has 2 aromatic rings. The lowest BCUT2D eigenvalue weighted by Gasteiger charge is -2.23. The number of hydrogen-bond acceptors (Lipinski definition) is 2. The molecule has 3 atom stereocenters. The molecular weight excluding hydrogens is 272 g/mol. The normalized spacial score (nSPS) is 26.2. The summed E-state index contributed by atoms with van der Waals surface area (Å²) >= 11 is 6.04. The smallest absolute Gasteiger partial charge is 0.261 e. The van der Waals surface area contributed by atoms with E-state index in [1.54, 1.807) is 0 Å². The van der Waals surface area contributed by atoms with Crippen LogP contribution in [0.3, 0.4) is 0 Å². The van der Waals surface area contributed by atoms with Gasteiger partial charge in [0.1, 0.15) is 5.82 Å². The van der Waals surface area contributed by atoms with Crippen LogP contribution in [0.5, 0.6) is 0 Å². The highest BCUT2D eigenvalue weighted by atomic mass is 35.5. The van der Waals surface area contributed by atoms with Crippen molar-refractivity contribution in [2.75, 3.05) is 0 Å². The van der Waals surface area contributed by atoms with E-state index in [2.05, 4.69) is 18.8 Å². The van der Waals surface area contributed by atoms with Crippen LogP contribution in [0.1, 0.15) is 38.6 Å². The lowest BCUT2D eigenvalue weighted by molar-refractivity contribution is 0.340. The summed E-state index contributed by atoms with van der Waals surface area (Å²) in [5.74, 6) is 2.10. The zero-order valence-electron chi connectivity index (χ0n) is 11.8. The van der Waals surface area contributed by atoms with Crippen LogP contribution in [0.4, 0.5) is 0 Å². The van der Waals surface area contributed by atoms with Gasteiger partial charge in [-0.25, -0.2) is 4.98 Å². The van der Waals surface area contributed by atoms with E-state index in [4.69, 9.17) is 11.6 Å². The number of para-hydroxylation sites is 1. The van der Waals surface area contributed by atoms with E-state index in [1.807, 2.05) is 28.8 Å². The molecule has 106 valence electrons. The second kappa shape index (κ2) is 5.21. The van der Waals surface area contributed by atoms with Gasteiger partial charge in [-0.15, -0.1) is 11.6 Å². The second-order valence-corrected chi connectivity index (χ2v) is 6.10. The van der Waals surface area contributed by atoms with Gasteiger partial charge in [0, 0.05) is 6.04 Å². The molecule has 4 heteroatoms. The van der Waals surface area contributed by atoms with E-state index in [9.17, 15) is 4.79 Å². The number of fused-ring (bicyclic) bond motifs is 1. The minimum Gasteiger partial charge on any atom is -0.292 e. The average molecular weight is 291 g/mol. The standard InChI is InChI=1S/C16H19ClN2O/c1-10-7-8-14(11(10)2)19-15(9-17)18-13-6-4-3-5-12(13)16(19)20/h3-6,10-11,14H,7-9H2,1-2H3. The molecule has 1 saturated carbocycles. The Bertz CT molecular complexity index is 694. The fraction of sp³-hybridized carbons (Fsp3) is 0.500. The molecule has 3 nitrogen and oxygen atoms in total. The van der Waals surface area contributed by atoms with Crippen molar-refractivity contribution in [3.05, 3.63) is 40.4 Å². The first-order valence-electron chi connectivity index (χ1n) is 7.19. The number of halogens is 1. The largest absolute Gasteiger partial charge is 0.292 e. The molecular formula is C16H19ClN2O. The molecule has 0 bridgehead atoms. The summed E-state index contributed by atoms with van der Waals surface area (Å²) in [6.07, 6.45) is 2.19. The molecule has 0 N–H and O–H groups in total. The molecule has 20 heavy (non-hydrogen) atoms. The highest BCUT2D eigenvalue weighted by Crippen LogP contribution is 2.39. The number of rotatable bonds is 2. The highest BCUT2D eigenvalue weighted by Gasteiger charge is 2.33. The van der Waals surface area contributed by atoms with E-state index in [-0.39, 0.29) is 17.5 Å². The van der Waals surface area contributed by atoms with Crippen LogP contribution in [0.25, 0.3) is 10.9 Å². The van der Waals surface area contributed by atoms with Crippen molar-refractivity contribution in [2.24, 2.45) is 11.8 Å². The Kier molecular flexibility index (Phi) is 3.55. The number of hydrogen-bond donors (Lipinski definition) is 0. The summed E-state index contributed by atoms with van der Waals surface area (Å²) in [5.41, 5.74) is 0.792. The maximum Gasteiger partial charge on any atom is 0.261 e. The molecule has 1 aromatic heterocycles.